The highest BCUT2D eigenvalue weighted by Crippen LogP contribution is 2.30. The molecule has 0 aliphatic heterocycles. The number of hydrogen-bond donors (Lipinski definition) is 1. The number of nitrogens with zero attached hydrogens (tertiary/aromatic N) is 1. The normalized spacial score (nSPS) is 16.1. The predicted octanol–water partition coefficient (Wildman–Crippen LogP) is 3.12. The molecule has 0 bridgehead atoms. The summed E-state index contributed by atoms with van der Waals surface area (Å²) in [7, 11) is -7.66. The van der Waals surface area contributed by atoms with Crippen molar-refractivity contribution in [2.45, 2.75) is 48.1 Å². The number of sulfonamides is 2. The second-order valence-corrected chi connectivity index (χ2v) is 10.5. The van der Waals surface area contributed by atoms with Crippen LogP contribution < -0.4 is 5.14 Å². The Bertz CT molecular complexity index is 998. The van der Waals surface area contributed by atoms with Gasteiger partial charge in [0.1, 0.15) is 0 Å². The molecule has 146 valence electrons. The van der Waals surface area contributed by atoms with E-state index in [1.165, 1.54) is 28.6 Å². The molecule has 1 fully saturated rings. The Labute approximate surface area is 165 Å². The fraction of sp³-hybridized carbons (Fsp3) is 0.333. The third-order valence-electron chi connectivity index (χ3n) is 4.74. The molecule has 3 rings (SSSR count). The largest absolute Gasteiger partial charge is 0.243 e. The van der Waals surface area contributed by atoms with Crippen molar-refractivity contribution in [1.82, 2.24) is 4.31 Å². The van der Waals surface area contributed by atoms with Gasteiger partial charge in [0.2, 0.25) is 20.0 Å². The summed E-state index contributed by atoms with van der Waals surface area (Å²) < 4.78 is 50.9. The number of primary sulfonamides is 1. The average Bonchev–Trinajstić information content (AvgIpc) is 3.14. The number of rotatable bonds is 6. The second-order valence-electron chi connectivity index (χ2n) is 6.63. The van der Waals surface area contributed by atoms with E-state index in [0.717, 1.165) is 31.2 Å². The molecular weight excluding hydrogens is 408 g/mol. The van der Waals surface area contributed by atoms with Gasteiger partial charge < -0.3 is 0 Å². The van der Waals surface area contributed by atoms with Crippen LogP contribution in [0.15, 0.2) is 58.3 Å². The molecule has 1 saturated carbocycles. The van der Waals surface area contributed by atoms with Gasteiger partial charge >= 0.3 is 0 Å². The monoisotopic (exact) mass is 428 g/mol. The molecule has 2 N–H and O–H groups in total. The molecule has 0 aromatic heterocycles. The minimum Gasteiger partial charge on any atom is -0.225 e. The first kappa shape index (κ1) is 20.3. The molecule has 1 aliphatic rings. The molecule has 0 atom stereocenters. The van der Waals surface area contributed by atoms with Crippen molar-refractivity contribution >= 4 is 31.6 Å². The van der Waals surface area contributed by atoms with E-state index in [1.54, 1.807) is 12.1 Å². The van der Waals surface area contributed by atoms with Crippen molar-refractivity contribution in [1.29, 1.82) is 0 Å². The van der Waals surface area contributed by atoms with E-state index in [9.17, 15) is 16.8 Å². The molecule has 0 saturated heterocycles. The zero-order chi connectivity index (χ0) is 19.7. The van der Waals surface area contributed by atoms with Crippen LogP contribution >= 0.6 is 11.6 Å². The van der Waals surface area contributed by atoms with Crippen molar-refractivity contribution in [2.24, 2.45) is 5.14 Å². The lowest BCUT2D eigenvalue weighted by Crippen LogP contribution is -2.38. The highest BCUT2D eigenvalue weighted by molar-refractivity contribution is 7.89. The van der Waals surface area contributed by atoms with Gasteiger partial charge in [0.15, 0.2) is 0 Å². The standard InChI is InChI=1S/C18H21ClN2O4S2/c19-15-7-5-14(6-8-15)13-21(16-3-1-2-4-16)27(24,25)18-11-9-17(10-12-18)26(20,22)23/h5-12,16H,1-4,13H2,(H2,20,22,23). The van der Waals surface area contributed by atoms with Crippen LogP contribution in [-0.2, 0) is 26.6 Å². The smallest absolute Gasteiger partial charge is 0.225 e. The third-order valence-corrected chi connectivity index (χ3v) is 7.84. The molecule has 0 radical (unpaired) electrons. The maximum absolute atomic E-state index is 13.3. The van der Waals surface area contributed by atoms with Crippen LogP contribution in [0, 0.1) is 0 Å². The Morgan fingerprint density at radius 3 is 1.93 bits per heavy atom. The zero-order valence-electron chi connectivity index (χ0n) is 14.6. The van der Waals surface area contributed by atoms with E-state index in [1.807, 2.05) is 12.1 Å². The van der Waals surface area contributed by atoms with Crippen molar-refractivity contribution in [3.8, 4) is 0 Å². The lowest BCUT2D eigenvalue weighted by molar-refractivity contribution is 0.316. The number of nitrogens with two attached hydrogens (primary N) is 1. The summed E-state index contributed by atoms with van der Waals surface area (Å²) >= 11 is 5.92. The van der Waals surface area contributed by atoms with Crippen molar-refractivity contribution < 1.29 is 16.8 Å². The van der Waals surface area contributed by atoms with Crippen molar-refractivity contribution in [3.63, 3.8) is 0 Å². The van der Waals surface area contributed by atoms with Gasteiger partial charge in [0.25, 0.3) is 0 Å². The van der Waals surface area contributed by atoms with Crippen LogP contribution in [0.5, 0.6) is 0 Å². The second kappa shape index (κ2) is 7.89. The molecule has 0 unspecified atom stereocenters. The molecule has 0 amide bonds. The minimum atomic E-state index is -3.87. The Balaban J connectivity index is 1.95. The van der Waals surface area contributed by atoms with E-state index in [4.69, 9.17) is 16.7 Å². The van der Waals surface area contributed by atoms with Gasteiger partial charge in [-0.15, -0.1) is 0 Å². The fourth-order valence-electron chi connectivity index (χ4n) is 3.31. The zero-order valence-corrected chi connectivity index (χ0v) is 17.0. The molecular formula is C18H21ClN2O4S2. The topological polar surface area (TPSA) is 97.5 Å². The van der Waals surface area contributed by atoms with Gasteiger partial charge in [-0.1, -0.05) is 36.6 Å². The molecule has 9 heteroatoms. The molecule has 6 nitrogen and oxygen atoms in total. The van der Waals surface area contributed by atoms with E-state index in [-0.39, 0.29) is 22.4 Å². The summed E-state index contributed by atoms with van der Waals surface area (Å²) in [6.07, 6.45) is 3.59. The minimum absolute atomic E-state index is 0.0516. The Hall–Kier alpha value is -1.45. The first-order valence-corrected chi connectivity index (χ1v) is 11.9. The molecule has 1 aliphatic carbocycles. The van der Waals surface area contributed by atoms with Crippen molar-refractivity contribution in [3.05, 3.63) is 59.1 Å². The number of hydrogen-bond acceptors (Lipinski definition) is 4. The first-order valence-electron chi connectivity index (χ1n) is 8.57. The highest BCUT2D eigenvalue weighted by atomic mass is 35.5. The quantitative estimate of drug-likeness (QED) is 0.764. The van der Waals surface area contributed by atoms with Crippen LogP contribution in [0.1, 0.15) is 31.2 Å². The van der Waals surface area contributed by atoms with Gasteiger partial charge in [0.05, 0.1) is 9.79 Å². The van der Waals surface area contributed by atoms with Gasteiger partial charge in [-0.05, 0) is 54.8 Å². The van der Waals surface area contributed by atoms with E-state index < -0.39 is 20.0 Å². The molecule has 0 spiro atoms. The molecule has 2 aromatic carbocycles. The maximum Gasteiger partial charge on any atom is 0.243 e. The predicted molar refractivity (Wildman–Crippen MR) is 104 cm³/mol. The highest BCUT2D eigenvalue weighted by Gasteiger charge is 2.33. The van der Waals surface area contributed by atoms with E-state index >= 15 is 0 Å². The van der Waals surface area contributed by atoms with Crippen LogP contribution in [0.2, 0.25) is 5.02 Å². The van der Waals surface area contributed by atoms with Crippen molar-refractivity contribution in [2.75, 3.05) is 0 Å². The van der Waals surface area contributed by atoms with Crippen LogP contribution in [0.4, 0.5) is 0 Å². The van der Waals surface area contributed by atoms with Gasteiger partial charge in [0, 0.05) is 17.6 Å². The van der Waals surface area contributed by atoms with Crippen LogP contribution in [0.25, 0.3) is 0 Å². The fourth-order valence-corrected chi connectivity index (χ4v) is 5.62. The molecule has 0 heterocycles. The summed E-state index contributed by atoms with van der Waals surface area (Å²) in [6.45, 7) is 0.237. The van der Waals surface area contributed by atoms with Gasteiger partial charge in [-0.3, -0.25) is 0 Å². The Morgan fingerprint density at radius 2 is 1.41 bits per heavy atom. The Morgan fingerprint density at radius 1 is 0.889 bits per heavy atom. The number of benzene rings is 2. The van der Waals surface area contributed by atoms with E-state index in [2.05, 4.69) is 0 Å². The van der Waals surface area contributed by atoms with E-state index in [0.29, 0.717) is 5.02 Å². The summed E-state index contributed by atoms with van der Waals surface area (Å²) in [5.41, 5.74) is 0.844. The van der Waals surface area contributed by atoms with Gasteiger partial charge in [-0.25, -0.2) is 22.0 Å². The first-order chi connectivity index (χ1) is 12.7. The van der Waals surface area contributed by atoms with Crippen LogP contribution in [0.3, 0.4) is 0 Å². The molecule has 2 aromatic rings. The van der Waals surface area contributed by atoms with Gasteiger partial charge in [-0.2, -0.15) is 4.31 Å². The number of halogens is 1. The lowest BCUT2D eigenvalue weighted by Gasteiger charge is -2.28. The summed E-state index contributed by atoms with van der Waals surface area (Å²) in [5, 5.41) is 5.68. The third kappa shape index (κ3) is 4.70. The summed E-state index contributed by atoms with van der Waals surface area (Å²) in [6, 6.07) is 12.0. The SMILES string of the molecule is NS(=O)(=O)c1ccc(S(=O)(=O)N(Cc2ccc(Cl)cc2)C2CCCC2)cc1. The molecule has 27 heavy (non-hydrogen) atoms. The Kier molecular flexibility index (Phi) is 5.93. The summed E-state index contributed by atoms with van der Waals surface area (Å²) in [4.78, 5) is -0.0673. The summed E-state index contributed by atoms with van der Waals surface area (Å²) in [5.74, 6) is 0. The lowest BCUT2D eigenvalue weighted by atomic mass is 10.2. The maximum atomic E-state index is 13.3. The van der Waals surface area contributed by atoms with Crippen LogP contribution in [-0.4, -0.2) is 27.2 Å². The average molecular weight is 429 g/mol.